The molecule has 23 heavy (non-hydrogen) atoms. The van der Waals surface area contributed by atoms with Crippen molar-refractivity contribution in [3.63, 3.8) is 0 Å². The second kappa shape index (κ2) is 6.94. The molecule has 0 aromatic carbocycles. The predicted octanol–water partition coefficient (Wildman–Crippen LogP) is 1.99. The molecule has 2 heterocycles. The van der Waals surface area contributed by atoms with E-state index in [4.69, 9.17) is 8.92 Å². The molecule has 0 aliphatic carbocycles. The van der Waals surface area contributed by atoms with Crippen LogP contribution in [0.25, 0.3) is 0 Å². The molecular formula is C15H28N2O5S. The van der Waals surface area contributed by atoms with Crippen LogP contribution in [0.15, 0.2) is 0 Å². The Hall–Kier alpha value is -0.860. The average molecular weight is 348 g/mol. The van der Waals surface area contributed by atoms with E-state index in [0.29, 0.717) is 32.0 Å². The number of carbonyl (C=O) groups excluding carboxylic acids is 1. The zero-order valence-electron chi connectivity index (χ0n) is 14.4. The van der Waals surface area contributed by atoms with E-state index in [2.05, 4.69) is 6.92 Å². The van der Waals surface area contributed by atoms with E-state index in [1.54, 1.807) is 20.8 Å². The van der Waals surface area contributed by atoms with Crippen molar-refractivity contribution in [2.75, 3.05) is 26.2 Å². The summed E-state index contributed by atoms with van der Waals surface area (Å²) in [5, 5.41) is 0. The summed E-state index contributed by atoms with van der Waals surface area (Å²) in [6, 6.07) is 0. The van der Waals surface area contributed by atoms with Gasteiger partial charge in [-0.2, -0.15) is 12.7 Å². The Morgan fingerprint density at radius 3 is 2.26 bits per heavy atom. The standard InChI is InChI=1S/C15H28N2O5S/c1-12-5-9-17(10-6-12)23(19,20)22-13-7-8-16(11-13)14(18)21-15(2,3)4/h12-13H,5-11H2,1-4H3/t13-/m0/s1. The molecule has 1 atom stereocenters. The lowest BCUT2D eigenvalue weighted by Gasteiger charge is -2.29. The fourth-order valence-corrected chi connectivity index (χ4v) is 4.02. The molecule has 2 saturated heterocycles. The average Bonchev–Trinajstić information content (AvgIpc) is 2.85. The van der Waals surface area contributed by atoms with E-state index in [-0.39, 0.29) is 6.54 Å². The Morgan fingerprint density at radius 2 is 1.70 bits per heavy atom. The fraction of sp³-hybridized carbons (Fsp3) is 0.933. The van der Waals surface area contributed by atoms with Gasteiger partial charge < -0.3 is 9.64 Å². The van der Waals surface area contributed by atoms with Crippen molar-refractivity contribution in [1.82, 2.24) is 9.21 Å². The highest BCUT2D eigenvalue weighted by Gasteiger charge is 2.35. The molecule has 8 heteroatoms. The number of rotatable bonds is 3. The zero-order valence-corrected chi connectivity index (χ0v) is 15.3. The first-order chi connectivity index (χ1) is 10.6. The number of piperidine rings is 1. The molecule has 1 amide bonds. The molecule has 0 bridgehead atoms. The van der Waals surface area contributed by atoms with Gasteiger partial charge in [-0.1, -0.05) is 6.92 Å². The fourth-order valence-electron chi connectivity index (χ4n) is 2.74. The topological polar surface area (TPSA) is 76.2 Å². The third-order valence-corrected chi connectivity index (χ3v) is 5.63. The number of nitrogens with zero attached hydrogens (tertiary/aromatic N) is 2. The number of likely N-dealkylation sites (tertiary alicyclic amines) is 1. The Morgan fingerprint density at radius 1 is 1.09 bits per heavy atom. The lowest BCUT2D eigenvalue weighted by molar-refractivity contribution is 0.0274. The van der Waals surface area contributed by atoms with E-state index in [1.807, 2.05) is 0 Å². The van der Waals surface area contributed by atoms with Crippen molar-refractivity contribution in [3.05, 3.63) is 0 Å². The highest BCUT2D eigenvalue weighted by molar-refractivity contribution is 7.84. The van der Waals surface area contributed by atoms with Crippen molar-refractivity contribution in [2.45, 2.75) is 58.7 Å². The van der Waals surface area contributed by atoms with Gasteiger partial charge in [-0.15, -0.1) is 0 Å². The Bertz CT molecular complexity index is 520. The molecule has 0 aromatic rings. The molecule has 2 aliphatic heterocycles. The van der Waals surface area contributed by atoms with E-state index in [1.165, 1.54) is 9.21 Å². The number of carbonyl (C=O) groups is 1. The van der Waals surface area contributed by atoms with Crippen LogP contribution in [0.3, 0.4) is 0 Å². The van der Waals surface area contributed by atoms with Gasteiger partial charge in [0.2, 0.25) is 0 Å². The molecule has 2 aliphatic rings. The minimum absolute atomic E-state index is 0.248. The largest absolute Gasteiger partial charge is 0.444 e. The van der Waals surface area contributed by atoms with Crippen LogP contribution in [-0.4, -0.2) is 61.6 Å². The molecule has 0 unspecified atom stereocenters. The summed E-state index contributed by atoms with van der Waals surface area (Å²) in [5.74, 6) is 0.551. The van der Waals surface area contributed by atoms with Gasteiger partial charge in [0.25, 0.3) is 0 Å². The summed E-state index contributed by atoms with van der Waals surface area (Å²) in [6.45, 7) is 9.24. The highest BCUT2D eigenvalue weighted by atomic mass is 32.2. The van der Waals surface area contributed by atoms with Gasteiger partial charge in [-0.25, -0.2) is 4.79 Å². The van der Waals surface area contributed by atoms with Crippen LogP contribution in [0.4, 0.5) is 4.79 Å². The number of ether oxygens (including phenoxy) is 1. The van der Waals surface area contributed by atoms with E-state index >= 15 is 0 Å². The Kier molecular flexibility index (Phi) is 5.58. The summed E-state index contributed by atoms with van der Waals surface area (Å²) >= 11 is 0. The van der Waals surface area contributed by atoms with E-state index < -0.39 is 28.1 Å². The maximum Gasteiger partial charge on any atom is 0.410 e. The van der Waals surface area contributed by atoms with Gasteiger partial charge in [0.15, 0.2) is 0 Å². The molecule has 7 nitrogen and oxygen atoms in total. The van der Waals surface area contributed by atoms with Crippen molar-refractivity contribution < 1.29 is 22.1 Å². The SMILES string of the molecule is CC1CCN(S(=O)(=O)O[C@H]2CCN(C(=O)OC(C)(C)C)C2)CC1. The van der Waals surface area contributed by atoms with E-state index in [0.717, 1.165) is 12.8 Å². The van der Waals surface area contributed by atoms with Crippen LogP contribution in [-0.2, 0) is 19.2 Å². The molecule has 0 radical (unpaired) electrons. The van der Waals surface area contributed by atoms with Crippen LogP contribution in [0, 0.1) is 5.92 Å². The predicted molar refractivity (Wildman–Crippen MR) is 86.2 cm³/mol. The van der Waals surface area contributed by atoms with Gasteiger partial charge in [0.1, 0.15) is 5.60 Å². The molecular weight excluding hydrogens is 320 g/mol. The van der Waals surface area contributed by atoms with Crippen molar-refractivity contribution >= 4 is 16.4 Å². The molecule has 134 valence electrons. The van der Waals surface area contributed by atoms with Crippen LogP contribution in [0.2, 0.25) is 0 Å². The van der Waals surface area contributed by atoms with Gasteiger partial charge in [-0.05, 0) is 46.0 Å². The second-order valence-corrected chi connectivity index (χ2v) is 9.04. The van der Waals surface area contributed by atoms with Crippen molar-refractivity contribution in [2.24, 2.45) is 5.92 Å². The minimum atomic E-state index is -3.72. The molecule has 0 aromatic heterocycles. The summed E-state index contributed by atoms with van der Waals surface area (Å²) in [6.07, 6.45) is 1.30. The first kappa shape index (κ1) is 18.5. The molecule has 2 rings (SSSR count). The lowest BCUT2D eigenvalue weighted by atomic mass is 10.0. The van der Waals surface area contributed by atoms with Gasteiger partial charge in [0, 0.05) is 19.6 Å². The van der Waals surface area contributed by atoms with Crippen molar-refractivity contribution in [3.8, 4) is 0 Å². The summed E-state index contributed by atoms with van der Waals surface area (Å²) in [5.41, 5.74) is -0.563. The number of hydrogen-bond donors (Lipinski definition) is 0. The quantitative estimate of drug-likeness (QED) is 0.779. The van der Waals surface area contributed by atoms with Crippen molar-refractivity contribution in [1.29, 1.82) is 0 Å². The highest BCUT2D eigenvalue weighted by Crippen LogP contribution is 2.23. The molecule has 2 fully saturated rings. The summed E-state index contributed by atoms with van der Waals surface area (Å²) in [7, 11) is -3.72. The van der Waals surface area contributed by atoms with Crippen LogP contribution < -0.4 is 0 Å². The Labute approximate surface area is 139 Å². The van der Waals surface area contributed by atoms with Gasteiger partial charge >= 0.3 is 16.4 Å². The third kappa shape index (κ3) is 5.32. The molecule has 0 spiro atoms. The molecule has 0 N–H and O–H groups in total. The monoisotopic (exact) mass is 348 g/mol. The van der Waals surface area contributed by atoms with Gasteiger partial charge in [-0.3, -0.25) is 4.18 Å². The van der Waals surface area contributed by atoms with E-state index in [9.17, 15) is 13.2 Å². The Balaban J connectivity index is 1.86. The van der Waals surface area contributed by atoms with Crippen LogP contribution >= 0.6 is 0 Å². The second-order valence-electron chi connectivity index (χ2n) is 7.47. The smallest absolute Gasteiger partial charge is 0.410 e. The zero-order chi connectivity index (χ0) is 17.3. The number of hydrogen-bond acceptors (Lipinski definition) is 5. The van der Waals surface area contributed by atoms with Crippen LogP contribution in [0.1, 0.15) is 47.0 Å². The first-order valence-electron chi connectivity index (χ1n) is 8.23. The maximum absolute atomic E-state index is 12.3. The van der Waals surface area contributed by atoms with Gasteiger partial charge in [0.05, 0.1) is 12.6 Å². The first-order valence-corrected chi connectivity index (χ1v) is 9.59. The summed E-state index contributed by atoms with van der Waals surface area (Å²) in [4.78, 5) is 13.5. The number of amides is 1. The third-order valence-electron chi connectivity index (χ3n) is 4.11. The maximum atomic E-state index is 12.3. The van der Waals surface area contributed by atoms with Crippen LogP contribution in [0.5, 0.6) is 0 Å². The minimum Gasteiger partial charge on any atom is -0.444 e. The summed E-state index contributed by atoms with van der Waals surface area (Å²) < 4.78 is 36.7. The lowest BCUT2D eigenvalue weighted by Crippen LogP contribution is -2.41. The normalized spacial score (nSPS) is 24.9. The molecule has 0 saturated carbocycles.